The Morgan fingerprint density at radius 3 is 2.86 bits per heavy atom. The molecule has 1 atom stereocenters. The molecule has 21 heavy (non-hydrogen) atoms. The third-order valence-electron chi connectivity index (χ3n) is 3.35. The molecule has 1 aliphatic heterocycles. The quantitative estimate of drug-likeness (QED) is 0.931. The molecule has 1 unspecified atom stereocenters. The Kier molecular flexibility index (Phi) is 4.46. The number of amidine groups is 1. The van der Waals surface area contributed by atoms with Crippen molar-refractivity contribution in [1.82, 2.24) is 0 Å². The van der Waals surface area contributed by atoms with Crippen LogP contribution in [0.5, 0.6) is 5.75 Å². The van der Waals surface area contributed by atoms with E-state index in [1.807, 2.05) is 30.3 Å². The molecule has 0 aliphatic carbocycles. The molecule has 1 heterocycles. The molecule has 0 saturated carbocycles. The van der Waals surface area contributed by atoms with E-state index in [0.29, 0.717) is 6.04 Å². The molecular formula is C17H18N2OS. The average Bonchev–Trinajstić information content (AvgIpc) is 2.95. The molecule has 108 valence electrons. The summed E-state index contributed by atoms with van der Waals surface area (Å²) in [7, 11) is 1.68. The van der Waals surface area contributed by atoms with E-state index in [9.17, 15) is 0 Å². The van der Waals surface area contributed by atoms with Crippen LogP contribution in [-0.2, 0) is 6.42 Å². The number of aliphatic imine (C=N–C) groups is 1. The zero-order valence-corrected chi connectivity index (χ0v) is 12.8. The minimum atomic E-state index is 0.352. The van der Waals surface area contributed by atoms with Crippen LogP contribution in [0.3, 0.4) is 0 Å². The van der Waals surface area contributed by atoms with Crippen LogP contribution in [0.1, 0.15) is 5.56 Å². The molecule has 0 bridgehead atoms. The molecule has 0 amide bonds. The Labute approximate surface area is 129 Å². The summed E-state index contributed by atoms with van der Waals surface area (Å²) in [5, 5.41) is 4.35. The van der Waals surface area contributed by atoms with E-state index in [0.717, 1.165) is 28.8 Å². The van der Waals surface area contributed by atoms with Crippen LogP contribution in [0.25, 0.3) is 0 Å². The lowest BCUT2D eigenvalue weighted by Crippen LogP contribution is -2.08. The van der Waals surface area contributed by atoms with Gasteiger partial charge in [-0.1, -0.05) is 48.2 Å². The van der Waals surface area contributed by atoms with E-state index in [2.05, 4.69) is 29.6 Å². The fourth-order valence-corrected chi connectivity index (χ4v) is 3.26. The normalized spacial score (nSPS) is 17.4. The topological polar surface area (TPSA) is 33.6 Å². The van der Waals surface area contributed by atoms with Gasteiger partial charge in [-0.15, -0.1) is 0 Å². The molecule has 0 aromatic heterocycles. The highest BCUT2D eigenvalue weighted by Crippen LogP contribution is 2.24. The van der Waals surface area contributed by atoms with Crippen molar-refractivity contribution in [3.05, 3.63) is 60.2 Å². The third kappa shape index (κ3) is 3.79. The SMILES string of the molecule is COc1cccc(NC2=NC(Cc3ccccc3)CS2)c1. The van der Waals surface area contributed by atoms with Crippen molar-refractivity contribution in [2.75, 3.05) is 18.2 Å². The van der Waals surface area contributed by atoms with Crippen LogP contribution in [0, 0.1) is 0 Å². The average molecular weight is 298 g/mol. The first-order chi connectivity index (χ1) is 10.3. The molecule has 1 N–H and O–H groups in total. The van der Waals surface area contributed by atoms with Crippen molar-refractivity contribution >= 4 is 22.6 Å². The summed E-state index contributed by atoms with van der Waals surface area (Å²) in [6, 6.07) is 18.8. The third-order valence-corrected chi connectivity index (χ3v) is 4.38. The number of hydrogen-bond acceptors (Lipinski definition) is 4. The zero-order valence-electron chi connectivity index (χ0n) is 12.0. The van der Waals surface area contributed by atoms with Crippen LogP contribution in [-0.4, -0.2) is 24.1 Å². The summed E-state index contributed by atoms with van der Waals surface area (Å²) in [6.07, 6.45) is 0.997. The van der Waals surface area contributed by atoms with E-state index < -0.39 is 0 Å². The van der Waals surface area contributed by atoms with Gasteiger partial charge in [0.15, 0.2) is 5.17 Å². The maximum absolute atomic E-state index is 5.23. The molecular weight excluding hydrogens is 280 g/mol. The van der Waals surface area contributed by atoms with Crippen molar-refractivity contribution in [2.45, 2.75) is 12.5 Å². The van der Waals surface area contributed by atoms with Crippen molar-refractivity contribution in [1.29, 1.82) is 0 Å². The lowest BCUT2D eigenvalue weighted by Gasteiger charge is -2.06. The van der Waals surface area contributed by atoms with E-state index in [1.54, 1.807) is 18.9 Å². The first kappa shape index (κ1) is 14.0. The van der Waals surface area contributed by atoms with Crippen molar-refractivity contribution in [3.8, 4) is 5.75 Å². The monoisotopic (exact) mass is 298 g/mol. The number of rotatable bonds is 4. The highest BCUT2D eigenvalue weighted by molar-refractivity contribution is 8.14. The highest BCUT2D eigenvalue weighted by atomic mass is 32.2. The molecule has 3 nitrogen and oxygen atoms in total. The molecule has 0 saturated heterocycles. The second-order valence-corrected chi connectivity index (χ2v) is 5.95. The van der Waals surface area contributed by atoms with Crippen LogP contribution >= 0.6 is 11.8 Å². The Bertz CT molecular complexity index is 628. The summed E-state index contributed by atoms with van der Waals surface area (Å²) in [5.74, 6) is 1.88. The minimum Gasteiger partial charge on any atom is -0.497 e. The van der Waals surface area contributed by atoms with Gasteiger partial charge in [-0.05, 0) is 24.1 Å². The number of nitrogens with one attached hydrogen (secondary N) is 1. The van der Waals surface area contributed by atoms with Gasteiger partial charge in [-0.3, -0.25) is 4.99 Å². The lowest BCUT2D eigenvalue weighted by molar-refractivity contribution is 0.415. The zero-order chi connectivity index (χ0) is 14.5. The van der Waals surface area contributed by atoms with E-state index in [-0.39, 0.29) is 0 Å². The molecule has 1 aliphatic rings. The first-order valence-electron chi connectivity index (χ1n) is 6.99. The van der Waals surface area contributed by atoms with Gasteiger partial charge < -0.3 is 10.1 Å². The Morgan fingerprint density at radius 2 is 2.05 bits per heavy atom. The second kappa shape index (κ2) is 6.68. The standard InChI is InChI=1S/C17H18N2OS/c1-20-16-9-5-8-14(11-16)18-17-19-15(12-21-17)10-13-6-3-2-4-7-13/h2-9,11,15H,10,12H2,1H3,(H,18,19). The molecule has 3 rings (SSSR count). The van der Waals surface area contributed by atoms with Crippen LogP contribution < -0.4 is 10.1 Å². The smallest absolute Gasteiger partial charge is 0.161 e. The maximum Gasteiger partial charge on any atom is 0.161 e. The fourth-order valence-electron chi connectivity index (χ4n) is 2.30. The molecule has 0 fully saturated rings. The number of ether oxygens (including phenoxy) is 1. The molecule has 2 aromatic rings. The molecule has 2 aromatic carbocycles. The van der Waals surface area contributed by atoms with E-state index >= 15 is 0 Å². The van der Waals surface area contributed by atoms with Gasteiger partial charge in [0.1, 0.15) is 5.75 Å². The second-order valence-electron chi connectivity index (χ2n) is 4.95. The summed E-state index contributed by atoms with van der Waals surface area (Å²) < 4.78 is 5.23. The molecule has 4 heteroatoms. The highest BCUT2D eigenvalue weighted by Gasteiger charge is 2.18. The summed E-state index contributed by atoms with van der Waals surface area (Å²) in [4.78, 5) is 4.76. The summed E-state index contributed by atoms with van der Waals surface area (Å²) >= 11 is 1.78. The largest absolute Gasteiger partial charge is 0.497 e. The van der Waals surface area contributed by atoms with Gasteiger partial charge in [-0.2, -0.15) is 0 Å². The Morgan fingerprint density at radius 1 is 1.19 bits per heavy atom. The van der Waals surface area contributed by atoms with Crippen molar-refractivity contribution in [3.63, 3.8) is 0 Å². The van der Waals surface area contributed by atoms with Gasteiger partial charge in [0, 0.05) is 17.5 Å². The molecule has 0 radical (unpaired) electrons. The van der Waals surface area contributed by atoms with Crippen LogP contribution in [0.4, 0.5) is 5.69 Å². The Hall–Kier alpha value is -1.94. The van der Waals surface area contributed by atoms with Gasteiger partial charge >= 0.3 is 0 Å². The van der Waals surface area contributed by atoms with Crippen molar-refractivity contribution < 1.29 is 4.74 Å². The first-order valence-corrected chi connectivity index (χ1v) is 7.97. The number of hydrogen-bond donors (Lipinski definition) is 1. The van der Waals surface area contributed by atoms with Gasteiger partial charge in [0.25, 0.3) is 0 Å². The maximum atomic E-state index is 5.23. The summed E-state index contributed by atoms with van der Waals surface area (Å²) in [5.41, 5.74) is 2.36. The lowest BCUT2D eigenvalue weighted by atomic mass is 10.1. The number of thioether (sulfide) groups is 1. The number of methoxy groups -OCH3 is 1. The van der Waals surface area contributed by atoms with Gasteiger partial charge in [0.05, 0.1) is 13.2 Å². The van der Waals surface area contributed by atoms with E-state index in [1.165, 1.54) is 5.56 Å². The van der Waals surface area contributed by atoms with Crippen LogP contribution in [0.2, 0.25) is 0 Å². The van der Waals surface area contributed by atoms with Crippen molar-refractivity contribution in [2.24, 2.45) is 4.99 Å². The van der Waals surface area contributed by atoms with Gasteiger partial charge in [-0.25, -0.2) is 0 Å². The minimum absolute atomic E-state index is 0.352. The fraction of sp³-hybridized carbons (Fsp3) is 0.235. The number of anilines is 1. The molecule has 0 spiro atoms. The number of benzene rings is 2. The Balaban J connectivity index is 1.63. The predicted octanol–water partition coefficient (Wildman–Crippen LogP) is 3.82. The number of nitrogens with zero attached hydrogens (tertiary/aromatic N) is 1. The van der Waals surface area contributed by atoms with Gasteiger partial charge in [0.2, 0.25) is 0 Å². The summed E-state index contributed by atoms with van der Waals surface area (Å²) in [6.45, 7) is 0. The predicted molar refractivity (Wildman–Crippen MR) is 90.4 cm³/mol. The van der Waals surface area contributed by atoms with E-state index in [4.69, 9.17) is 9.73 Å². The van der Waals surface area contributed by atoms with Crippen LogP contribution in [0.15, 0.2) is 59.6 Å².